The lowest BCUT2D eigenvalue weighted by Gasteiger charge is -2.13. The summed E-state index contributed by atoms with van der Waals surface area (Å²) in [7, 11) is 0. The molecule has 0 unspecified atom stereocenters. The Hall–Kier alpha value is -3.66. The SMILES string of the molecule is Cc1cc(/C=C(\C#N)C(=O)OCCN2C(=O)c3ccccc3C2=O)c(C)n1CCC(C)C. The summed E-state index contributed by atoms with van der Waals surface area (Å²) in [6.07, 6.45) is 2.56. The maximum Gasteiger partial charge on any atom is 0.348 e. The molecule has 0 N–H and O–H groups in total. The van der Waals surface area contributed by atoms with Crippen molar-refractivity contribution >= 4 is 23.9 Å². The van der Waals surface area contributed by atoms with Crippen LogP contribution in [0.3, 0.4) is 0 Å². The molecule has 7 heteroatoms. The highest BCUT2D eigenvalue weighted by molar-refractivity contribution is 6.21. The molecule has 0 fully saturated rings. The maximum absolute atomic E-state index is 12.4. The lowest BCUT2D eigenvalue weighted by molar-refractivity contribution is -0.138. The summed E-state index contributed by atoms with van der Waals surface area (Å²) in [6, 6.07) is 10.4. The zero-order valence-electron chi connectivity index (χ0n) is 18.8. The van der Waals surface area contributed by atoms with E-state index < -0.39 is 17.8 Å². The number of rotatable bonds is 8. The smallest absolute Gasteiger partial charge is 0.348 e. The summed E-state index contributed by atoms with van der Waals surface area (Å²) in [5.74, 6) is -1.03. The average molecular weight is 434 g/mol. The Kier molecular flexibility index (Phi) is 6.94. The monoisotopic (exact) mass is 433 g/mol. The third-order valence-electron chi connectivity index (χ3n) is 5.61. The second-order valence-electron chi connectivity index (χ2n) is 8.27. The van der Waals surface area contributed by atoms with Gasteiger partial charge >= 0.3 is 5.97 Å². The number of esters is 1. The molecule has 2 amide bonds. The molecular formula is C25H27N3O4. The van der Waals surface area contributed by atoms with E-state index in [9.17, 15) is 19.6 Å². The third-order valence-corrected chi connectivity index (χ3v) is 5.61. The van der Waals surface area contributed by atoms with Crippen LogP contribution in [-0.2, 0) is 16.1 Å². The van der Waals surface area contributed by atoms with Crippen LogP contribution in [0.5, 0.6) is 0 Å². The molecule has 1 aliphatic rings. The van der Waals surface area contributed by atoms with Gasteiger partial charge in [-0.2, -0.15) is 5.26 Å². The van der Waals surface area contributed by atoms with E-state index >= 15 is 0 Å². The fourth-order valence-electron chi connectivity index (χ4n) is 3.75. The van der Waals surface area contributed by atoms with Crippen LogP contribution in [0.1, 0.15) is 57.9 Å². The minimum absolute atomic E-state index is 0.0689. The van der Waals surface area contributed by atoms with Crippen LogP contribution < -0.4 is 0 Å². The van der Waals surface area contributed by atoms with Crippen molar-refractivity contribution in [3.63, 3.8) is 0 Å². The van der Waals surface area contributed by atoms with Crippen molar-refractivity contribution in [1.82, 2.24) is 9.47 Å². The molecule has 1 aromatic carbocycles. The van der Waals surface area contributed by atoms with Gasteiger partial charge in [0.2, 0.25) is 0 Å². The summed E-state index contributed by atoms with van der Waals surface area (Å²) >= 11 is 0. The van der Waals surface area contributed by atoms with Gasteiger partial charge in [0.1, 0.15) is 18.2 Å². The van der Waals surface area contributed by atoms with E-state index in [1.54, 1.807) is 24.3 Å². The standard InChI is InChI=1S/C25H27N3O4/c1-16(2)9-10-27-17(3)13-19(18(27)4)14-20(15-26)25(31)32-12-11-28-23(29)21-7-5-6-8-22(21)24(28)30/h5-8,13-14,16H,9-12H2,1-4H3/b20-14+. The number of carbonyl (C=O) groups excluding carboxylic acids is 3. The molecule has 0 atom stereocenters. The molecule has 1 aromatic heterocycles. The van der Waals surface area contributed by atoms with Crippen molar-refractivity contribution in [2.24, 2.45) is 5.92 Å². The zero-order chi connectivity index (χ0) is 23.4. The first-order chi connectivity index (χ1) is 15.2. The van der Waals surface area contributed by atoms with Crippen molar-refractivity contribution in [2.45, 2.75) is 40.7 Å². The Morgan fingerprint density at radius 1 is 1.12 bits per heavy atom. The first kappa shape index (κ1) is 23.0. The zero-order valence-corrected chi connectivity index (χ0v) is 18.8. The van der Waals surface area contributed by atoms with Crippen molar-refractivity contribution in [3.05, 3.63) is 64.0 Å². The number of nitriles is 1. The lowest BCUT2D eigenvalue weighted by atomic mass is 10.1. The Morgan fingerprint density at radius 3 is 2.31 bits per heavy atom. The molecule has 0 saturated heterocycles. The number of benzene rings is 1. The van der Waals surface area contributed by atoms with Gasteiger partial charge in [-0.25, -0.2) is 4.79 Å². The quantitative estimate of drug-likeness (QED) is 0.272. The van der Waals surface area contributed by atoms with Crippen molar-refractivity contribution in [3.8, 4) is 6.07 Å². The Labute approximate surface area is 187 Å². The average Bonchev–Trinajstić information content (AvgIpc) is 3.17. The molecule has 3 rings (SSSR count). The van der Waals surface area contributed by atoms with Crippen LogP contribution in [0.15, 0.2) is 35.9 Å². The number of aryl methyl sites for hydroxylation is 1. The van der Waals surface area contributed by atoms with E-state index in [1.807, 2.05) is 26.0 Å². The van der Waals surface area contributed by atoms with Crippen LogP contribution >= 0.6 is 0 Å². The Morgan fingerprint density at radius 2 is 1.75 bits per heavy atom. The molecule has 0 radical (unpaired) electrons. The van der Waals surface area contributed by atoms with E-state index in [4.69, 9.17) is 4.74 Å². The number of imide groups is 1. The van der Waals surface area contributed by atoms with Gasteiger partial charge in [0.25, 0.3) is 11.8 Å². The first-order valence-corrected chi connectivity index (χ1v) is 10.7. The first-order valence-electron chi connectivity index (χ1n) is 10.7. The molecule has 7 nitrogen and oxygen atoms in total. The van der Waals surface area contributed by atoms with Crippen molar-refractivity contribution in [1.29, 1.82) is 5.26 Å². The fourth-order valence-corrected chi connectivity index (χ4v) is 3.75. The number of ether oxygens (including phenoxy) is 1. The largest absolute Gasteiger partial charge is 0.460 e. The molecule has 0 aliphatic carbocycles. The van der Waals surface area contributed by atoms with Gasteiger partial charge in [0, 0.05) is 17.9 Å². The van der Waals surface area contributed by atoms with Crippen molar-refractivity contribution < 1.29 is 19.1 Å². The molecule has 1 aliphatic heterocycles. The second kappa shape index (κ2) is 9.65. The minimum atomic E-state index is -0.781. The van der Waals surface area contributed by atoms with Crippen LogP contribution in [0.25, 0.3) is 6.08 Å². The normalized spacial score (nSPS) is 13.5. The van der Waals surface area contributed by atoms with Crippen LogP contribution in [-0.4, -0.2) is 40.4 Å². The van der Waals surface area contributed by atoms with Crippen LogP contribution in [0.2, 0.25) is 0 Å². The Bertz CT molecular complexity index is 1100. The van der Waals surface area contributed by atoms with E-state index in [1.165, 1.54) is 6.08 Å². The number of hydrogen-bond acceptors (Lipinski definition) is 5. The van der Waals surface area contributed by atoms with Gasteiger partial charge in [-0.1, -0.05) is 26.0 Å². The second-order valence-corrected chi connectivity index (χ2v) is 8.27. The summed E-state index contributed by atoms with van der Waals surface area (Å²) in [4.78, 5) is 38.3. The van der Waals surface area contributed by atoms with E-state index in [0.29, 0.717) is 17.0 Å². The van der Waals surface area contributed by atoms with E-state index in [2.05, 4.69) is 18.4 Å². The van der Waals surface area contributed by atoms with Crippen LogP contribution in [0, 0.1) is 31.1 Å². The fraction of sp³-hybridized carbons (Fsp3) is 0.360. The summed E-state index contributed by atoms with van der Waals surface area (Å²) in [6.45, 7) is 8.91. The number of nitrogens with zero attached hydrogens (tertiary/aromatic N) is 3. The van der Waals surface area contributed by atoms with Gasteiger partial charge in [0.15, 0.2) is 0 Å². The molecular weight excluding hydrogens is 406 g/mol. The molecule has 2 heterocycles. The number of fused-ring (bicyclic) bond motifs is 1. The van der Waals surface area contributed by atoms with Gasteiger partial charge in [-0.3, -0.25) is 14.5 Å². The van der Waals surface area contributed by atoms with Gasteiger partial charge in [0.05, 0.1) is 17.7 Å². The number of amides is 2. The van der Waals surface area contributed by atoms with Gasteiger partial charge in [-0.05, 0) is 56.0 Å². The predicted octanol–water partition coefficient (Wildman–Crippen LogP) is 3.90. The Balaban J connectivity index is 1.64. The highest BCUT2D eigenvalue weighted by Crippen LogP contribution is 2.22. The molecule has 32 heavy (non-hydrogen) atoms. The highest BCUT2D eigenvalue weighted by Gasteiger charge is 2.34. The lowest BCUT2D eigenvalue weighted by Crippen LogP contribution is -2.33. The van der Waals surface area contributed by atoms with E-state index in [-0.39, 0.29) is 18.7 Å². The topological polar surface area (TPSA) is 92.4 Å². The molecule has 0 saturated carbocycles. The van der Waals surface area contributed by atoms with Crippen LogP contribution in [0.4, 0.5) is 0 Å². The number of carbonyl (C=O) groups is 3. The summed E-state index contributed by atoms with van der Waals surface area (Å²) < 4.78 is 7.37. The summed E-state index contributed by atoms with van der Waals surface area (Å²) in [5, 5.41) is 9.47. The third kappa shape index (κ3) is 4.65. The summed E-state index contributed by atoms with van der Waals surface area (Å²) in [5.41, 5.74) is 3.39. The van der Waals surface area contributed by atoms with Gasteiger partial charge < -0.3 is 9.30 Å². The maximum atomic E-state index is 12.4. The molecule has 166 valence electrons. The van der Waals surface area contributed by atoms with Crippen molar-refractivity contribution in [2.75, 3.05) is 13.2 Å². The van der Waals surface area contributed by atoms with Gasteiger partial charge in [-0.15, -0.1) is 0 Å². The molecule has 2 aromatic rings. The minimum Gasteiger partial charge on any atom is -0.460 e. The molecule has 0 bridgehead atoms. The molecule has 0 spiro atoms. The number of aromatic nitrogens is 1. The number of hydrogen-bond donors (Lipinski definition) is 0. The highest BCUT2D eigenvalue weighted by atomic mass is 16.5. The van der Waals surface area contributed by atoms with E-state index in [0.717, 1.165) is 34.8 Å². The predicted molar refractivity (Wildman–Crippen MR) is 120 cm³/mol.